The van der Waals surface area contributed by atoms with Crippen molar-refractivity contribution in [2.24, 2.45) is 0 Å². The van der Waals surface area contributed by atoms with Crippen LogP contribution in [0, 0.1) is 0 Å². The van der Waals surface area contributed by atoms with E-state index in [4.69, 9.17) is 0 Å². The lowest BCUT2D eigenvalue weighted by molar-refractivity contribution is 0.961. The number of pyridine rings is 1. The Bertz CT molecular complexity index is 504. The number of nitrogens with zero attached hydrogens (tertiary/aromatic N) is 1. The molecule has 0 bridgehead atoms. The van der Waals surface area contributed by atoms with E-state index < -0.39 is 0 Å². The Labute approximate surface area is 137 Å². The van der Waals surface area contributed by atoms with Crippen LogP contribution in [0.4, 0.5) is 0 Å². The molecule has 1 aromatic rings. The van der Waals surface area contributed by atoms with Crippen molar-refractivity contribution < 1.29 is 0 Å². The van der Waals surface area contributed by atoms with Gasteiger partial charge in [0.05, 0.1) is 0 Å². The van der Waals surface area contributed by atoms with Crippen molar-refractivity contribution in [3.63, 3.8) is 0 Å². The maximum Gasteiger partial charge on any atom is 0.0444 e. The Morgan fingerprint density at radius 1 is 1.27 bits per heavy atom. The Morgan fingerprint density at radius 3 is 2.55 bits per heavy atom. The van der Waals surface area contributed by atoms with Gasteiger partial charge in [0.25, 0.3) is 0 Å². The molecule has 1 heterocycles. The van der Waals surface area contributed by atoms with Gasteiger partial charge in [-0.05, 0) is 50.0 Å². The lowest BCUT2D eigenvalue weighted by Crippen LogP contribution is -1.96. The molecule has 120 valence electrons. The first-order chi connectivity index (χ1) is 10.7. The second-order valence-corrected chi connectivity index (χ2v) is 4.92. The Kier molecular flexibility index (Phi) is 11.7. The van der Waals surface area contributed by atoms with Gasteiger partial charge in [-0.1, -0.05) is 63.3 Å². The van der Waals surface area contributed by atoms with E-state index in [-0.39, 0.29) is 0 Å². The van der Waals surface area contributed by atoms with Crippen LogP contribution in [0.5, 0.6) is 0 Å². The van der Waals surface area contributed by atoms with Crippen molar-refractivity contribution in [2.75, 3.05) is 0 Å². The Hall–Kier alpha value is -1.89. The zero-order valence-electron chi connectivity index (χ0n) is 14.9. The second-order valence-electron chi connectivity index (χ2n) is 4.92. The highest BCUT2D eigenvalue weighted by molar-refractivity contribution is 5.34. The van der Waals surface area contributed by atoms with E-state index in [2.05, 4.69) is 49.7 Å². The normalized spacial score (nSPS) is 12.0. The highest BCUT2D eigenvalue weighted by Crippen LogP contribution is 2.20. The molecule has 0 aromatic carbocycles. The fourth-order valence-electron chi connectivity index (χ4n) is 2.00. The van der Waals surface area contributed by atoms with Crippen molar-refractivity contribution >= 4 is 0 Å². The van der Waals surface area contributed by atoms with Gasteiger partial charge < -0.3 is 0 Å². The van der Waals surface area contributed by atoms with E-state index in [1.165, 1.54) is 16.7 Å². The fraction of sp³-hybridized carbons (Fsp3) is 0.381. The van der Waals surface area contributed by atoms with Crippen LogP contribution in [-0.4, -0.2) is 4.98 Å². The van der Waals surface area contributed by atoms with Crippen molar-refractivity contribution in [1.29, 1.82) is 0 Å². The molecule has 1 rings (SSSR count). The lowest BCUT2D eigenvalue weighted by Gasteiger charge is -2.10. The molecule has 0 saturated carbocycles. The SMILES string of the molecule is C=C(C/C(=C\CC)Cc1ccccn1)/C(C)=C\C=C/C.CC. The van der Waals surface area contributed by atoms with Gasteiger partial charge in [0, 0.05) is 18.3 Å². The van der Waals surface area contributed by atoms with Crippen LogP contribution in [0.3, 0.4) is 0 Å². The van der Waals surface area contributed by atoms with Gasteiger partial charge in [-0.2, -0.15) is 0 Å². The molecule has 1 aromatic heterocycles. The summed E-state index contributed by atoms with van der Waals surface area (Å²) in [5.74, 6) is 0. The highest BCUT2D eigenvalue weighted by Gasteiger charge is 2.04. The molecule has 0 unspecified atom stereocenters. The molecule has 0 atom stereocenters. The van der Waals surface area contributed by atoms with Gasteiger partial charge in [0.1, 0.15) is 0 Å². The number of allylic oxidation sites excluding steroid dienone is 7. The molecular weight excluding hydrogens is 266 g/mol. The van der Waals surface area contributed by atoms with Gasteiger partial charge in [-0.25, -0.2) is 0 Å². The minimum Gasteiger partial charge on any atom is -0.261 e. The van der Waals surface area contributed by atoms with Crippen molar-refractivity contribution in [3.05, 3.63) is 77.7 Å². The molecule has 1 heteroatoms. The van der Waals surface area contributed by atoms with E-state index >= 15 is 0 Å². The molecular formula is C21H31N. The molecule has 0 aliphatic heterocycles. The van der Waals surface area contributed by atoms with E-state index in [0.29, 0.717) is 0 Å². The summed E-state index contributed by atoms with van der Waals surface area (Å²) in [4.78, 5) is 4.41. The Balaban J connectivity index is 0.00000211. The summed E-state index contributed by atoms with van der Waals surface area (Å²) >= 11 is 0. The average molecular weight is 297 g/mol. The number of rotatable bonds is 7. The summed E-state index contributed by atoms with van der Waals surface area (Å²) in [5, 5.41) is 0. The molecule has 0 aliphatic rings. The number of hydrogen-bond acceptors (Lipinski definition) is 1. The molecule has 0 aliphatic carbocycles. The third-order valence-corrected chi connectivity index (χ3v) is 3.16. The highest BCUT2D eigenvalue weighted by atomic mass is 14.7. The van der Waals surface area contributed by atoms with Crippen molar-refractivity contribution in [1.82, 2.24) is 4.98 Å². The zero-order chi connectivity index (χ0) is 16.8. The van der Waals surface area contributed by atoms with E-state index in [1.807, 2.05) is 45.2 Å². The molecule has 0 fully saturated rings. The van der Waals surface area contributed by atoms with Crippen molar-refractivity contribution in [3.8, 4) is 0 Å². The first-order valence-electron chi connectivity index (χ1n) is 8.22. The van der Waals surface area contributed by atoms with Gasteiger partial charge in [0.15, 0.2) is 0 Å². The van der Waals surface area contributed by atoms with Crippen LogP contribution in [-0.2, 0) is 6.42 Å². The van der Waals surface area contributed by atoms with Crippen LogP contribution in [0.2, 0.25) is 0 Å². The molecule has 0 amide bonds. The van der Waals surface area contributed by atoms with Crippen LogP contribution in [0.15, 0.2) is 72.0 Å². The van der Waals surface area contributed by atoms with E-state index in [1.54, 1.807) is 0 Å². The standard InChI is InChI=1S/C19H25N.C2H6/c1-5-7-11-16(3)17(4)14-18(10-6-2)15-19-12-8-9-13-20-19;1-2/h5,7-13H,4,6,14-15H2,1-3H3;1-2H3/b7-5-,16-11-,18-10+;. The van der Waals surface area contributed by atoms with E-state index in [9.17, 15) is 0 Å². The molecule has 0 spiro atoms. The first kappa shape index (κ1) is 20.1. The molecule has 0 saturated heterocycles. The quantitative estimate of drug-likeness (QED) is 0.416. The zero-order valence-corrected chi connectivity index (χ0v) is 14.9. The monoisotopic (exact) mass is 297 g/mol. The second kappa shape index (κ2) is 12.8. The predicted octanol–water partition coefficient (Wildman–Crippen LogP) is 6.46. The predicted molar refractivity (Wildman–Crippen MR) is 100.0 cm³/mol. The van der Waals surface area contributed by atoms with Gasteiger partial charge >= 0.3 is 0 Å². The topological polar surface area (TPSA) is 12.9 Å². The smallest absolute Gasteiger partial charge is 0.0444 e. The third-order valence-electron chi connectivity index (χ3n) is 3.16. The summed E-state index contributed by atoms with van der Waals surface area (Å²) < 4.78 is 0. The maximum atomic E-state index is 4.41. The maximum absolute atomic E-state index is 4.41. The summed E-state index contributed by atoms with van der Waals surface area (Å²) in [6, 6.07) is 6.07. The summed E-state index contributed by atoms with van der Waals surface area (Å²) in [6.07, 6.45) is 13.2. The van der Waals surface area contributed by atoms with Crippen LogP contribution >= 0.6 is 0 Å². The van der Waals surface area contributed by atoms with Gasteiger partial charge in [-0.15, -0.1) is 0 Å². The fourth-order valence-corrected chi connectivity index (χ4v) is 2.00. The third kappa shape index (κ3) is 8.41. The Morgan fingerprint density at radius 2 is 2.00 bits per heavy atom. The summed E-state index contributed by atoms with van der Waals surface area (Å²) in [5.41, 5.74) is 4.93. The van der Waals surface area contributed by atoms with Gasteiger partial charge in [-0.3, -0.25) is 4.98 Å². The van der Waals surface area contributed by atoms with Crippen LogP contribution in [0.25, 0.3) is 0 Å². The van der Waals surface area contributed by atoms with E-state index in [0.717, 1.165) is 25.0 Å². The molecule has 0 N–H and O–H groups in total. The number of aromatic nitrogens is 1. The molecule has 22 heavy (non-hydrogen) atoms. The van der Waals surface area contributed by atoms with Crippen LogP contribution in [0.1, 0.15) is 53.2 Å². The largest absolute Gasteiger partial charge is 0.261 e. The molecule has 0 radical (unpaired) electrons. The summed E-state index contributed by atoms with van der Waals surface area (Å²) in [6.45, 7) is 14.5. The van der Waals surface area contributed by atoms with Gasteiger partial charge in [0.2, 0.25) is 0 Å². The van der Waals surface area contributed by atoms with Crippen LogP contribution < -0.4 is 0 Å². The first-order valence-corrected chi connectivity index (χ1v) is 8.22. The number of hydrogen-bond donors (Lipinski definition) is 0. The van der Waals surface area contributed by atoms with Crippen molar-refractivity contribution in [2.45, 2.75) is 53.9 Å². The lowest BCUT2D eigenvalue weighted by atomic mass is 9.96. The molecule has 1 nitrogen and oxygen atoms in total. The minimum atomic E-state index is 0.907. The minimum absolute atomic E-state index is 0.907. The average Bonchev–Trinajstić information content (AvgIpc) is 2.55. The summed E-state index contributed by atoms with van der Waals surface area (Å²) in [7, 11) is 0.